The number of rotatable bonds is 8. The molecular weight excluding hydrogens is 404 g/mol. The minimum atomic E-state index is -0.101. The number of nitrogens with one attached hydrogen (secondary N) is 1. The molecule has 0 saturated carbocycles. The van der Waals surface area contributed by atoms with Crippen molar-refractivity contribution in [2.75, 3.05) is 31.6 Å². The van der Waals surface area contributed by atoms with E-state index in [0.29, 0.717) is 13.2 Å². The molecule has 0 spiro atoms. The second-order valence-electron chi connectivity index (χ2n) is 7.86. The van der Waals surface area contributed by atoms with Crippen LogP contribution < -0.4 is 10.1 Å². The highest BCUT2D eigenvalue weighted by Gasteiger charge is 2.23. The maximum absolute atomic E-state index is 9.68. The van der Waals surface area contributed by atoms with Crippen LogP contribution in [-0.4, -0.2) is 46.3 Å². The molecule has 32 heavy (non-hydrogen) atoms. The summed E-state index contributed by atoms with van der Waals surface area (Å²) in [6, 6.07) is 17.8. The van der Waals surface area contributed by atoms with Crippen molar-refractivity contribution in [1.82, 2.24) is 14.9 Å². The Labute approximate surface area is 189 Å². The Balaban J connectivity index is 1.43. The van der Waals surface area contributed by atoms with Crippen LogP contribution in [0, 0.1) is 6.92 Å². The molecule has 0 radical (unpaired) electrons. The lowest BCUT2D eigenvalue weighted by Crippen LogP contribution is -2.38. The molecule has 1 aliphatic heterocycles. The van der Waals surface area contributed by atoms with Gasteiger partial charge in [-0.15, -0.1) is 0 Å². The summed E-state index contributed by atoms with van der Waals surface area (Å²) in [5.74, 6) is 2.27. The molecule has 2 N–H and O–H groups in total. The highest BCUT2D eigenvalue weighted by molar-refractivity contribution is 5.51. The Morgan fingerprint density at radius 1 is 1.12 bits per heavy atom. The van der Waals surface area contributed by atoms with Crippen LogP contribution in [0.5, 0.6) is 5.75 Å². The minimum Gasteiger partial charge on any atom is -0.494 e. The van der Waals surface area contributed by atoms with Crippen LogP contribution >= 0.6 is 0 Å². The van der Waals surface area contributed by atoms with Crippen LogP contribution in [0.4, 0.5) is 11.6 Å². The van der Waals surface area contributed by atoms with E-state index >= 15 is 0 Å². The minimum absolute atomic E-state index is 0.0333. The van der Waals surface area contributed by atoms with Gasteiger partial charge in [0.25, 0.3) is 0 Å². The Morgan fingerprint density at radius 2 is 1.94 bits per heavy atom. The first-order chi connectivity index (χ1) is 15.6. The first-order valence-electron chi connectivity index (χ1n) is 11.0. The SMILES string of the molecule is CCOc1ccc(CN2CCOC(c3cccc(Nc4cccc(C)n4)n3)C2)cc1CO. The van der Waals surface area contributed by atoms with Gasteiger partial charge in [0.15, 0.2) is 0 Å². The number of aliphatic hydroxyl groups is 1. The summed E-state index contributed by atoms with van der Waals surface area (Å²) in [5.41, 5.74) is 3.82. The maximum Gasteiger partial charge on any atom is 0.131 e. The summed E-state index contributed by atoms with van der Waals surface area (Å²) < 4.78 is 11.6. The summed E-state index contributed by atoms with van der Waals surface area (Å²) >= 11 is 0. The van der Waals surface area contributed by atoms with Crippen molar-refractivity contribution in [2.24, 2.45) is 0 Å². The standard InChI is InChI=1S/C25H30N4O3/c1-3-31-22-11-10-19(14-20(22)17-30)15-29-12-13-32-23(16-29)21-7-5-9-25(27-21)28-24-8-4-6-18(2)26-24/h4-11,14,23,30H,3,12-13,15-17H2,1-2H3,(H,26,27,28). The number of pyridine rings is 2. The van der Waals surface area contributed by atoms with E-state index in [2.05, 4.69) is 21.3 Å². The third-order valence-corrected chi connectivity index (χ3v) is 5.40. The monoisotopic (exact) mass is 434 g/mol. The van der Waals surface area contributed by atoms with Gasteiger partial charge in [0.2, 0.25) is 0 Å². The number of nitrogens with zero attached hydrogens (tertiary/aromatic N) is 3. The molecule has 3 heterocycles. The van der Waals surface area contributed by atoms with Crippen molar-refractivity contribution in [3.63, 3.8) is 0 Å². The molecule has 3 aromatic rings. The van der Waals surface area contributed by atoms with E-state index in [1.807, 2.05) is 62.4 Å². The Bertz CT molecular complexity index is 1040. The van der Waals surface area contributed by atoms with Crippen molar-refractivity contribution in [2.45, 2.75) is 33.1 Å². The predicted molar refractivity (Wildman–Crippen MR) is 124 cm³/mol. The van der Waals surface area contributed by atoms with Crippen LogP contribution in [-0.2, 0) is 17.9 Å². The van der Waals surface area contributed by atoms with E-state index in [9.17, 15) is 5.11 Å². The van der Waals surface area contributed by atoms with Gasteiger partial charge >= 0.3 is 0 Å². The van der Waals surface area contributed by atoms with Crippen molar-refractivity contribution in [3.05, 3.63) is 77.1 Å². The zero-order valence-corrected chi connectivity index (χ0v) is 18.6. The van der Waals surface area contributed by atoms with Crippen LogP contribution in [0.15, 0.2) is 54.6 Å². The van der Waals surface area contributed by atoms with Gasteiger partial charge in [0.1, 0.15) is 23.5 Å². The lowest BCUT2D eigenvalue weighted by atomic mass is 10.1. The van der Waals surface area contributed by atoms with Crippen molar-refractivity contribution >= 4 is 11.6 Å². The molecule has 2 aromatic heterocycles. The average Bonchev–Trinajstić information content (AvgIpc) is 2.80. The van der Waals surface area contributed by atoms with Crippen molar-refractivity contribution in [1.29, 1.82) is 0 Å². The molecular formula is C25H30N4O3. The van der Waals surface area contributed by atoms with E-state index in [1.165, 1.54) is 0 Å². The molecule has 4 rings (SSSR count). The number of aromatic nitrogens is 2. The Morgan fingerprint density at radius 3 is 2.72 bits per heavy atom. The molecule has 0 aliphatic carbocycles. The average molecular weight is 435 g/mol. The number of hydrogen-bond acceptors (Lipinski definition) is 7. The maximum atomic E-state index is 9.68. The molecule has 7 heteroatoms. The van der Waals surface area contributed by atoms with Crippen molar-refractivity contribution < 1.29 is 14.6 Å². The summed E-state index contributed by atoms with van der Waals surface area (Å²) in [7, 11) is 0. The zero-order chi connectivity index (χ0) is 22.3. The summed E-state index contributed by atoms with van der Waals surface area (Å²) in [4.78, 5) is 11.6. The predicted octanol–water partition coefficient (Wildman–Crippen LogP) is 3.99. The quantitative estimate of drug-likeness (QED) is 0.555. The normalized spacial score (nSPS) is 16.7. The fourth-order valence-electron chi connectivity index (χ4n) is 3.88. The zero-order valence-electron chi connectivity index (χ0n) is 18.6. The molecule has 1 aliphatic rings. The number of ether oxygens (including phenoxy) is 2. The van der Waals surface area contributed by atoms with Gasteiger partial charge < -0.3 is 19.9 Å². The summed E-state index contributed by atoms with van der Waals surface area (Å²) in [6.07, 6.45) is -0.101. The highest BCUT2D eigenvalue weighted by atomic mass is 16.5. The first-order valence-corrected chi connectivity index (χ1v) is 11.0. The molecule has 7 nitrogen and oxygen atoms in total. The lowest BCUT2D eigenvalue weighted by Gasteiger charge is -2.33. The fourth-order valence-corrected chi connectivity index (χ4v) is 3.88. The molecule has 1 aromatic carbocycles. The first kappa shape index (κ1) is 22.2. The van der Waals surface area contributed by atoms with Crippen LogP contribution in [0.2, 0.25) is 0 Å². The van der Waals surface area contributed by atoms with Crippen LogP contribution in [0.1, 0.15) is 35.5 Å². The molecule has 168 valence electrons. The van der Waals surface area contributed by atoms with Gasteiger partial charge in [-0.05, 0) is 55.8 Å². The molecule has 1 atom stereocenters. The van der Waals surface area contributed by atoms with Crippen molar-refractivity contribution in [3.8, 4) is 5.75 Å². The fraction of sp³-hybridized carbons (Fsp3) is 0.360. The van der Waals surface area contributed by atoms with Gasteiger partial charge in [-0.1, -0.05) is 18.2 Å². The molecule has 1 saturated heterocycles. The number of aliphatic hydroxyl groups excluding tert-OH is 1. The second kappa shape index (κ2) is 10.5. The van der Waals surface area contributed by atoms with E-state index in [4.69, 9.17) is 14.5 Å². The largest absolute Gasteiger partial charge is 0.494 e. The van der Waals surface area contributed by atoms with Gasteiger partial charge in [0.05, 0.1) is 25.5 Å². The highest BCUT2D eigenvalue weighted by Crippen LogP contribution is 2.26. The van der Waals surface area contributed by atoms with E-state index < -0.39 is 0 Å². The second-order valence-corrected chi connectivity index (χ2v) is 7.86. The van der Waals surface area contributed by atoms with Gasteiger partial charge in [-0.25, -0.2) is 9.97 Å². The van der Waals surface area contributed by atoms with E-state index in [1.54, 1.807) is 0 Å². The lowest BCUT2D eigenvalue weighted by molar-refractivity contribution is -0.0349. The van der Waals surface area contributed by atoms with Crippen LogP contribution in [0.3, 0.4) is 0 Å². The number of morpholine rings is 1. The number of aryl methyl sites for hydroxylation is 1. The number of hydrogen-bond donors (Lipinski definition) is 2. The molecule has 1 unspecified atom stereocenters. The Kier molecular flexibility index (Phi) is 7.32. The summed E-state index contributed by atoms with van der Waals surface area (Å²) in [5, 5.41) is 13.0. The Hall–Kier alpha value is -3.00. The topological polar surface area (TPSA) is 79.7 Å². The summed E-state index contributed by atoms with van der Waals surface area (Å²) in [6.45, 7) is 7.49. The van der Waals surface area contributed by atoms with E-state index in [-0.39, 0.29) is 12.7 Å². The molecule has 0 bridgehead atoms. The third kappa shape index (κ3) is 5.62. The third-order valence-electron chi connectivity index (χ3n) is 5.40. The molecule has 1 fully saturated rings. The van der Waals surface area contributed by atoms with E-state index in [0.717, 1.165) is 59.5 Å². The number of anilines is 2. The molecule has 0 amide bonds. The van der Waals surface area contributed by atoms with Gasteiger partial charge in [0, 0.05) is 30.9 Å². The van der Waals surface area contributed by atoms with Gasteiger partial charge in [-0.2, -0.15) is 0 Å². The number of benzene rings is 1. The van der Waals surface area contributed by atoms with Crippen LogP contribution in [0.25, 0.3) is 0 Å². The smallest absolute Gasteiger partial charge is 0.131 e. The van der Waals surface area contributed by atoms with Gasteiger partial charge in [-0.3, -0.25) is 4.90 Å².